The number of carbonyl (C=O) groups excluding carboxylic acids is 1. The normalized spacial score (nSPS) is 18.1. The highest BCUT2D eigenvalue weighted by molar-refractivity contribution is 7.14. The molecule has 25 heavy (non-hydrogen) atoms. The predicted molar refractivity (Wildman–Crippen MR) is 95.3 cm³/mol. The van der Waals surface area contributed by atoms with E-state index in [1.54, 1.807) is 6.07 Å². The molecule has 1 aliphatic rings. The van der Waals surface area contributed by atoms with Crippen molar-refractivity contribution in [1.82, 2.24) is 15.3 Å². The number of carboxylic acid groups (broad SMARTS) is 1. The summed E-state index contributed by atoms with van der Waals surface area (Å²) in [5.41, 5.74) is 1.09. The summed E-state index contributed by atoms with van der Waals surface area (Å²) in [4.78, 5) is 33.3. The van der Waals surface area contributed by atoms with E-state index >= 15 is 0 Å². The summed E-state index contributed by atoms with van der Waals surface area (Å²) in [7, 11) is 0. The third-order valence-corrected chi connectivity index (χ3v) is 5.73. The highest BCUT2D eigenvalue weighted by Gasteiger charge is 2.30. The maximum Gasteiger partial charge on any atom is 0.325 e. The van der Waals surface area contributed by atoms with Crippen molar-refractivity contribution >= 4 is 29.0 Å². The lowest BCUT2D eigenvalue weighted by atomic mass is 9.89. The minimum atomic E-state index is -1.05. The molecule has 0 saturated heterocycles. The van der Waals surface area contributed by atoms with Gasteiger partial charge in [-0.25, -0.2) is 9.97 Å². The molecule has 2 aromatic heterocycles. The molecule has 3 atom stereocenters. The molecule has 2 aromatic rings. The van der Waals surface area contributed by atoms with Crippen LogP contribution in [0.2, 0.25) is 0 Å². The largest absolute Gasteiger partial charge is 0.480 e. The molecule has 0 bridgehead atoms. The number of amides is 1. The monoisotopic (exact) mass is 360 g/mol. The Kier molecular flexibility index (Phi) is 4.71. The Balaban J connectivity index is 1.75. The molecule has 3 rings (SSSR count). The van der Waals surface area contributed by atoms with Gasteiger partial charge in [0.15, 0.2) is 0 Å². The van der Waals surface area contributed by atoms with Crippen molar-refractivity contribution in [3.8, 4) is 0 Å². The molecule has 1 amide bonds. The molecule has 3 heterocycles. The molecule has 132 valence electrons. The molecule has 0 aromatic carbocycles. The number of hydrogen-bond donors (Lipinski definition) is 3. The Morgan fingerprint density at radius 3 is 2.88 bits per heavy atom. The van der Waals surface area contributed by atoms with Gasteiger partial charge in [0.2, 0.25) is 0 Å². The van der Waals surface area contributed by atoms with Gasteiger partial charge in [0, 0.05) is 29.1 Å². The van der Waals surface area contributed by atoms with E-state index in [-0.39, 0.29) is 17.7 Å². The number of carbonyl (C=O) groups is 2. The van der Waals surface area contributed by atoms with E-state index in [0.717, 1.165) is 28.6 Å². The van der Waals surface area contributed by atoms with E-state index in [2.05, 4.69) is 27.5 Å². The second kappa shape index (κ2) is 6.79. The SMILES string of the molecule is Cc1ncc2c(n1)NCC2C(C)c1ccc(C(=O)N[C@@H](C)C(=O)O)s1. The minimum Gasteiger partial charge on any atom is -0.480 e. The molecule has 1 aliphatic heterocycles. The number of rotatable bonds is 5. The Bertz CT molecular complexity index is 820. The molecule has 0 radical (unpaired) electrons. The summed E-state index contributed by atoms with van der Waals surface area (Å²) in [6.07, 6.45) is 1.87. The minimum absolute atomic E-state index is 0.198. The summed E-state index contributed by atoms with van der Waals surface area (Å²) in [6.45, 7) is 6.21. The number of aromatic nitrogens is 2. The van der Waals surface area contributed by atoms with Gasteiger partial charge in [-0.3, -0.25) is 9.59 Å². The first-order chi connectivity index (χ1) is 11.9. The fourth-order valence-electron chi connectivity index (χ4n) is 2.90. The lowest BCUT2D eigenvalue weighted by molar-refractivity contribution is -0.138. The van der Waals surface area contributed by atoms with Gasteiger partial charge in [-0.2, -0.15) is 0 Å². The fourth-order valence-corrected chi connectivity index (χ4v) is 3.93. The number of nitrogens with zero attached hydrogens (tertiary/aromatic N) is 2. The average Bonchev–Trinajstić information content (AvgIpc) is 3.20. The molecule has 0 fully saturated rings. The number of aryl methyl sites for hydroxylation is 1. The van der Waals surface area contributed by atoms with Gasteiger partial charge in [-0.05, 0) is 31.9 Å². The molecule has 0 aliphatic carbocycles. The topological polar surface area (TPSA) is 104 Å². The van der Waals surface area contributed by atoms with Crippen LogP contribution in [0, 0.1) is 6.92 Å². The number of fused-ring (bicyclic) bond motifs is 1. The molecular formula is C17H20N4O3S. The van der Waals surface area contributed by atoms with E-state index in [4.69, 9.17) is 5.11 Å². The van der Waals surface area contributed by atoms with Gasteiger partial charge in [-0.15, -0.1) is 11.3 Å². The average molecular weight is 360 g/mol. The van der Waals surface area contributed by atoms with Gasteiger partial charge in [-0.1, -0.05) is 6.92 Å². The van der Waals surface area contributed by atoms with E-state index in [1.165, 1.54) is 18.3 Å². The van der Waals surface area contributed by atoms with Crippen LogP contribution >= 0.6 is 11.3 Å². The van der Waals surface area contributed by atoms with Gasteiger partial charge in [0.1, 0.15) is 17.7 Å². The first-order valence-corrected chi connectivity index (χ1v) is 8.89. The predicted octanol–water partition coefficient (Wildman–Crippen LogP) is 2.36. The lowest BCUT2D eigenvalue weighted by Gasteiger charge is -2.17. The first kappa shape index (κ1) is 17.3. The Labute approximate surface area is 149 Å². The quantitative estimate of drug-likeness (QED) is 0.756. The molecular weight excluding hydrogens is 340 g/mol. The smallest absolute Gasteiger partial charge is 0.325 e. The van der Waals surface area contributed by atoms with Crippen LogP contribution in [0.3, 0.4) is 0 Å². The maximum atomic E-state index is 12.2. The van der Waals surface area contributed by atoms with Crippen molar-refractivity contribution in [3.05, 3.63) is 39.5 Å². The fraction of sp³-hybridized carbons (Fsp3) is 0.412. The number of nitrogens with one attached hydrogen (secondary N) is 2. The van der Waals surface area contributed by atoms with Crippen LogP contribution in [-0.4, -0.2) is 39.5 Å². The second-order valence-electron chi connectivity index (χ2n) is 6.23. The summed E-state index contributed by atoms with van der Waals surface area (Å²) in [5, 5.41) is 14.7. The Hall–Kier alpha value is -2.48. The summed E-state index contributed by atoms with van der Waals surface area (Å²) in [5.74, 6) is 0.646. The second-order valence-corrected chi connectivity index (χ2v) is 7.35. The van der Waals surface area contributed by atoms with Crippen LogP contribution in [0.4, 0.5) is 5.82 Å². The molecule has 0 saturated carbocycles. The van der Waals surface area contributed by atoms with Crippen LogP contribution in [-0.2, 0) is 4.79 Å². The molecule has 0 spiro atoms. The zero-order chi connectivity index (χ0) is 18.1. The number of thiophene rings is 1. The van der Waals surface area contributed by atoms with E-state index in [9.17, 15) is 9.59 Å². The van der Waals surface area contributed by atoms with Crippen LogP contribution < -0.4 is 10.6 Å². The number of anilines is 1. The molecule has 8 heteroatoms. The number of hydrogen-bond acceptors (Lipinski definition) is 6. The van der Waals surface area contributed by atoms with E-state index < -0.39 is 12.0 Å². The van der Waals surface area contributed by atoms with Crippen LogP contribution in [0.15, 0.2) is 18.3 Å². The molecule has 3 N–H and O–H groups in total. The molecule has 2 unspecified atom stereocenters. The summed E-state index contributed by atoms with van der Waals surface area (Å²) >= 11 is 1.39. The van der Waals surface area contributed by atoms with Crippen LogP contribution in [0.5, 0.6) is 0 Å². The van der Waals surface area contributed by atoms with Crippen molar-refractivity contribution in [2.75, 3.05) is 11.9 Å². The highest BCUT2D eigenvalue weighted by atomic mass is 32.1. The van der Waals surface area contributed by atoms with E-state index in [0.29, 0.717) is 4.88 Å². The summed E-state index contributed by atoms with van der Waals surface area (Å²) < 4.78 is 0. The standard InChI is InChI=1S/C17H20N4O3S/c1-8(11-6-19-15-12(11)7-18-10(3)21-15)13-4-5-14(25-13)16(22)20-9(2)17(23)24/h4-5,7-9,11H,6H2,1-3H3,(H,20,22)(H,23,24)(H,18,19,21)/t8?,9-,11?/m0/s1. The first-order valence-electron chi connectivity index (χ1n) is 8.07. The van der Waals surface area contributed by atoms with Crippen LogP contribution in [0.25, 0.3) is 0 Å². The zero-order valence-electron chi connectivity index (χ0n) is 14.2. The zero-order valence-corrected chi connectivity index (χ0v) is 15.1. The van der Waals surface area contributed by atoms with Gasteiger partial charge >= 0.3 is 5.97 Å². The van der Waals surface area contributed by atoms with Crippen molar-refractivity contribution in [1.29, 1.82) is 0 Å². The number of carboxylic acids is 1. The highest BCUT2D eigenvalue weighted by Crippen LogP contribution is 2.41. The van der Waals surface area contributed by atoms with Crippen molar-refractivity contribution in [2.24, 2.45) is 0 Å². The van der Waals surface area contributed by atoms with Crippen molar-refractivity contribution in [3.63, 3.8) is 0 Å². The third-order valence-electron chi connectivity index (χ3n) is 4.45. The summed E-state index contributed by atoms with van der Waals surface area (Å²) in [6, 6.07) is 2.76. The van der Waals surface area contributed by atoms with Gasteiger partial charge in [0.05, 0.1) is 4.88 Å². The lowest BCUT2D eigenvalue weighted by Crippen LogP contribution is -2.37. The Morgan fingerprint density at radius 1 is 1.40 bits per heavy atom. The molecule has 7 nitrogen and oxygen atoms in total. The van der Waals surface area contributed by atoms with E-state index in [1.807, 2.05) is 19.2 Å². The Morgan fingerprint density at radius 2 is 2.16 bits per heavy atom. The van der Waals surface area contributed by atoms with Crippen molar-refractivity contribution in [2.45, 2.75) is 38.6 Å². The van der Waals surface area contributed by atoms with Gasteiger partial charge < -0.3 is 15.7 Å². The van der Waals surface area contributed by atoms with Gasteiger partial charge in [0.25, 0.3) is 5.91 Å². The maximum absolute atomic E-state index is 12.2. The van der Waals surface area contributed by atoms with Crippen LogP contribution in [0.1, 0.15) is 51.6 Å². The number of aliphatic carboxylic acids is 1. The third kappa shape index (κ3) is 3.48. The van der Waals surface area contributed by atoms with Crippen molar-refractivity contribution < 1.29 is 14.7 Å².